The van der Waals surface area contributed by atoms with Gasteiger partial charge in [0.25, 0.3) is 0 Å². The number of hydrogen-bond acceptors (Lipinski definition) is 1. The summed E-state index contributed by atoms with van der Waals surface area (Å²) < 4.78 is 0. The molecule has 2 rings (SSSR count). The van der Waals surface area contributed by atoms with Crippen LogP contribution in [0.5, 0.6) is 0 Å². The van der Waals surface area contributed by atoms with Gasteiger partial charge < -0.3 is 0 Å². The van der Waals surface area contributed by atoms with E-state index in [0.29, 0.717) is 0 Å². The summed E-state index contributed by atoms with van der Waals surface area (Å²) in [4.78, 5) is 1.48. The molecular weight excluding hydrogens is 327 g/mol. The minimum Gasteiger partial charge on any atom is -0.0613 e. The third-order valence-electron chi connectivity index (χ3n) is 3.63. The van der Waals surface area contributed by atoms with Gasteiger partial charge in [-0.15, -0.1) is 0 Å². The molecule has 1 aliphatic rings. The molecule has 0 saturated heterocycles. The number of benzene rings is 1. The standard InChI is InChI=1S/C14H19IS/c1-2-11-8-9-13(10-14(11)16-15)12-6-4-3-5-7-12/h8-10,12H,2-7H2,1H3. The lowest BCUT2D eigenvalue weighted by molar-refractivity contribution is 0.443. The molecular formula is C14H19IS. The van der Waals surface area contributed by atoms with Crippen molar-refractivity contribution in [1.29, 1.82) is 0 Å². The molecule has 0 unspecified atom stereocenters. The molecule has 16 heavy (non-hydrogen) atoms. The van der Waals surface area contributed by atoms with Crippen molar-refractivity contribution in [1.82, 2.24) is 0 Å². The molecule has 1 fully saturated rings. The van der Waals surface area contributed by atoms with Crippen LogP contribution in [0.4, 0.5) is 0 Å². The Morgan fingerprint density at radius 3 is 2.62 bits per heavy atom. The molecule has 0 nitrogen and oxygen atoms in total. The van der Waals surface area contributed by atoms with Crippen molar-refractivity contribution in [2.75, 3.05) is 0 Å². The van der Waals surface area contributed by atoms with Crippen molar-refractivity contribution in [3.8, 4) is 0 Å². The molecule has 0 amide bonds. The molecule has 0 aromatic heterocycles. The molecule has 1 aromatic carbocycles. The fraction of sp³-hybridized carbons (Fsp3) is 0.571. The lowest BCUT2D eigenvalue weighted by Crippen LogP contribution is -2.04. The highest BCUT2D eigenvalue weighted by atomic mass is 127. The Hall–Kier alpha value is 0.300. The zero-order valence-electron chi connectivity index (χ0n) is 9.84. The van der Waals surface area contributed by atoms with Crippen molar-refractivity contribution in [2.45, 2.75) is 56.3 Å². The zero-order valence-corrected chi connectivity index (χ0v) is 12.8. The molecule has 1 aromatic rings. The van der Waals surface area contributed by atoms with Crippen LogP contribution in [0.15, 0.2) is 23.1 Å². The van der Waals surface area contributed by atoms with E-state index in [4.69, 9.17) is 0 Å². The molecule has 0 bridgehead atoms. The summed E-state index contributed by atoms with van der Waals surface area (Å²) in [6.07, 6.45) is 8.24. The molecule has 0 radical (unpaired) electrons. The Morgan fingerprint density at radius 2 is 2.00 bits per heavy atom. The van der Waals surface area contributed by atoms with Crippen molar-refractivity contribution in [3.05, 3.63) is 29.3 Å². The SMILES string of the molecule is CCc1ccc(C2CCCCC2)cc1SI. The van der Waals surface area contributed by atoms with Gasteiger partial charge in [-0.3, -0.25) is 0 Å². The van der Waals surface area contributed by atoms with E-state index in [9.17, 15) is 0 Å². The van der Waals surface area contributed by atoms with Crippen molar-refractivity contribution >= 4 is 30.1 Å². The molecule has 1 aliphatic carbocycles. The summed E-state index contributed by atoms with van der Waals surface area (Å²) in [5.41, 5.74) is 3.08. The molecule has 0 heterocycles. The third kappa shape index (κ3) is 2.95. The van der Waals surface area contributed by atoms with Gasteiger partial charge in [0.05, 0.1) is 0 Å². The second-order valence-corrected chi connectivity index (χ2v) is 6.55. The molecule has 0 N–H and O–H groups in total. The van der Waals surface area contributed by atoms with Crippen LogP contribution in [0, 0.1) is 0 Å². The first-order valence-corrected chi connectivity index (χ1v) is 9.62. The monoisotopic (exact) mass is 346 g/mol. The van der Waals surface area contributed by atoms with Gasteiger partial charge >= 0.3 is 0 Å². The maximum Gasteiger partial charge on any atom is 0.0213 e. The number of hydrogen-bond donors (Lipinski definition) is 0. The lowest BCUT2D eigenvalue weighted by Gasteiger charge is -2.22. The van der Waals surface area contributed by atoms with Gasteiger partial charge in [0.2, 0.25) is 0 Å². The largest absolute Gasteiger partial charge is 0.0613 e. The average molecular weight is 346 g/mol. The highest BCUT2D eigenvalue weighted by molar-refractivity contribution is 14.2. The van der Waals surface area contributed by atoms with Gasteiger partial charge in [-0.2, -0.15) is 0 Å². The second kappa shape index (κ2) is 6.29. The van der Waals surface area contributed by atoms with E-state index in [1.807, 2.05) is 8.93 Å². The van der Waals surface area contributed by atoms with Crippen molar-refractivity contribution in [3.63, 3.8) is 0 Å². The smallest absolute Gasteiger partial charge is 0.0213 e. The van der Waals surface area contributed by atoms with Gasteiger partial charge in [0, 0.05) is 26.1 Å². The zero-order chi connectivity index (χ0) is 11.4. The van der Waals surface area contributed by atoms with Crippen LogP contribution in [-0.2, 0) is 6.42 Å². The highest BCUT2D eigenvalue weighted by Crippen LogP contribution is 2.37. The van der Waals surface area contributed by atoms with E-state index >= 15 is 0 Å². The van der Waals surface area contributed by atoms with E-state index < -0.39 is 0 Å². The third-order valence-corrected chi connectivity index (χ3v) is 5.60. The van der Waals surface area contributed by atoms with Crippen LogP contribution in [0.2, 0.25) is 0 Å². The van der Waals surface area contributed by atoms with E-state index in [-0.39, 0.29) is 0 Å². The Bertz CT molecular complexity index is 343. The summed E-state index contributed by atoms with van der Waals surface area (Å²) in [6.45, 7) is 2.24. The topological polar surface area (TPSA) is 0 Å². The van der Waals surface area contributed by atoms with Crippen molar-refractivity contribution < 1.29 is 0 Å². The molecule has 0 aliphatic heterocycles. The number of halogens is 1. The first-order valence-electron chi connectivity index (χ1n) is 6.26. The summed E-state index contributed by atoms with van der Waals surface area (Å²) in [5.74, 6) is 0.835. The number of aryl methyl sites for hydroxylation is 1. The summed E-state index contributed by atoms with van der Waals surface area (Å²) in [5, 5.41) is 0. The van der Waals surface area contributed by atoms with E-state index in [1.165, 1.54) is 42.6 Å². The molecule has 0 spiro atoms. The Morgan fingerprint density at radius 1 is 1.25 bits per heavy atom. The van der Waals surface area contributed by atoms with Crippen LogP contribution in [0.25, 0.3) is 0 Å². The van der Waals surface area contributed by atoms with Crippen LogP contribution in [0.1, 0.15) is 56.1 Å². The van der Waals surface area contributed by atoms with Gasteiger partial charge in [0.1, 0.15) is 0 Å². The van der Waals surface area contributed by atoms with Crippen molar-refractivity contribution in [2.24, 2.45) is 0 Å². The maximum absolute atomic E-state index is 2.44. The van der Waals surface area contributed by atoms with Gasteiger partial charge in [-0.05, 0) is 42.4 Å². The predicted octanol–water partition coefficient (Wildman–Crippen LogP) is 5.74. The Balaban J connectivity index is 2.20. The van der Waals surface area contributed by atoms with Crippen LogP contribution >= 0.6 is 30.1 Å². The van der Waals surface area contributed by atoms with Gasteiger partial charge in [-0.25, -0.2) is 0 Å². The highest BCUT2D eigenvalue weighted by Gasteiger charge is 2.16. The first-order chi connectivity index (χ1) is 7.85. The fourth-order valence-electron chi connectivity index (χ4n) is 2.62. The minimum absolute atomic E-state index is 0.835. The van der Waals surface area contributed by atoms with E-state index in [1.54, 1.807) is 5.56 Å². The van der Waals surface area contributed by atoms with Crippen LogP contribution < -0.4 is 0 Å². The molecule has 88 valence electrons. The summed E-state index contributed by atoms with van der Waals surface area (Å²) >= 11 is 2.41. The Labute approximate surface area is 115 Å². The summed E-state index contributed by atoms with van der Waals surface area (Å²) in [6, 6.07) is 7.14. The van der Waals surface area contributed by atoms with Gasteiger partial charge in [-0.1, -0.05) is 47.3 Å². The van der Waals surface area contributed by atoms with Crippen LogP contribution in [-0.4, -0.2) is 0 Å². The van der Waals surface area contributed by atoms with Crippen LogP contribution in [0.3, 0.4) is 0 Å². The van der Waals surface area contributed by atoms with E-state index in [0.717, 1.165) is 12.3 Å². The predicted molar refractivity (Wildman–Crippen MR) is 81.5 cm³/mol. The fourth-order valence-corrected chi connectivity index (χ4v) is 4.35. The summed E-state index contributed by atoms with van der Waals surface area (Å²) in [7, 11) is 1.87. The average Bonchev–Trinajstić information content (AvgIpc) is 2.39. The first kappa shape index (κ1) is 12.7. The van der Waals surface area contributed by atoms with E-state index in [2.05, 4.69) is 46.3 Å². The molecule has 0 atom stereocenters. The second-order valence-electron chi connectivity index (χ2n) is 4.63. The normalized spacial score (nSPS) is 17.6. The maximum atomic E-state index is 2.44. The minimum atomic E-state index is 0.835. The lowest BCUT2D eigenvalue weighted by atomic mass is 9.84. The van der Waals surface area contributed by atoms with Gasteiger partial charge in [0.15, 0.2) is 0 Å². The Kier molecular flexibility index (Phi) is 5.01. The quantitative estimate of drug-likeness (QED) is 0.629. The number of rotatable bonds is 3. The molecule has 2 heteroatoms. The molecule has 1 saturated carbocycles.